The zero-order valence-corrected chi connectivity index (χ0v) is 11.3. The summed E-state index contributed by atoms with van der Waals surface area (Å²) in [6.45, 7) is 2.09. The minimum atomic E-state index is -0.928. The summed E-state index contributed by atoms with van der Waals surface area (Å²) >= 11 is 5.83. The van der Waals surface area contributed by atoms with E-state index in [1.807, 2.05) is 0 Å². The van der Waals surface area contributed by atoms with Gasteiger partial charge in [-0.3, -0.25) is 9.59 Å². The molecule has 0 radical (unpaired) electrons. The van der Waals surface area contributed by atoms with E-state index in [1.54, 1.807) is 37.3 Å². The minimum Gasteiger partial charge on any atom is -0.481 e. The van der Waals surface area contributed by atoms with E-state index in [0.29, 0.717) is 17.2 Å². The van der Waals surface area contributed by atoms with Gasteiger partial charge in [-0.05, 0) is 30.2 Å². The highest BCUT2D eigenvalue weighted by atomic mass is 35.5. The first-order chi connectivity index (χ1) is 9.02. The van der Waals surface area contributed by atoms with Crippen molar-refractivity contribution in [1.82, 2.24) is 0 Å². The maximum absolute atomic E-state index is 11.2. The molecule has 0 saturated carbocycles. The molecule has 0 aromatic heterocycles. The zero-order chi connectivity index (χ0) is 14.3. The first kappa shape index (κ1) is 15.2. The monoisotopic (exact) mass is 282 g/mol. The molecule has 1 N–H and O–H groups in total. The van der Waals surface area contributed by atoms with Gasteiger partial charge in [-0.25, -0.2) is 0 Å². The van der Waals surface area contributed by atoms with E-state index in [9.17, 15) is 9.59 Å². The van der Waals surface area contributed by atoms with Crippen LogP contribution in [0.2, 0.25) is 5.02 Å². The van der Waals surface area contributed by atoms with Crippen LogP contribution in [0, 0.1) is 0 Å². The number of ether oxygens (including phenoxy) is 1. The number of hydrogen-bond donors (Lipinski definition) is 1. The average molecular weight is 283 g/mol. The van der Waals surface area contributed by atoms with Crippen LogP contribution in [0.3, 0.4) is 0 Å². The SMILES string of the molecule is CCOC(=O)CC=Cc1ccc(Cl)cc1CC(=O)O. The third kappa shape index (κ3) is 5.57. The summed E-state index contributed by atoms with van der Waals surface area (Å²) in [5, 5.41) is 9.31. The van der Waals surface area contributed by atoms with Crippen LogP contribution < -0.4 is 0 Å². The molecule has 4 nitrogen and oxygen atoms in total. The molecular formula is C14H15ClO4. The van der Waals surface area contributed by atoms with E-state index < -0.39 is 5.97 Å². The number of aliphatic carboxylic acids is 1. The van der Waals surface area contributed by atoms with Gasteiger partial charge in [0.25, 0.3) is 0 Å². The third-order valence-electron chi connectivity index (χ3n) is 2.33. The second-order valence-electron chi connectivity index (χ2n) is 3.83. The minimum absolute atomic E-state index is 0.111. The standard InChI is InChI=1S/C14H15ClO4/c1-2-19-14(18)5-3-4-10-6-7-12(15)8-11(10)9-13(16)17/h3-4,6-8H,2,5,9H2,1H3,(H,16,17). The van der Waals surface area contributed by atoms with Gasteiger partial charge in [-0.2, -0.15) is 0 Å². The molecule has 0 spiro atoms. The highest BCUT2D eigenvalue weighted by Gasteiger charge is 2.06. The van der Waals surface area contributed by atoms with Crippen molar-refractivity contribution < 1.29 is 19.4 Å². The lowest BCUT2D eigenvalue weighted by atomic mass is 10.0. The van der Waals surface area contributed by atoms with Crippen molar-refractivity contribution in [2.24, 2.45) is 0 Å². The summed E-state index contributed by atoms with van der Waals surface area (Å²) in [6, 6.07) is 5.01. The van der Waals surface area contributed by atoms with Gasteiger partial charge < -0.3 is 9.84 Å². The van der Waals surface area contributed by atoms with Crippen molar-refractivity contribution in [3.8, 4) is 0 Å². The molecular weight excluding hydrogens is 268 g/mol. The van der Waals surface area contributed by atoms with Crippen molar-refractivity contribution in [3.05, 3.63) is 40.4 Å². The Morgan fingerprint density at radius 2 is 2.16 bits per heavy atom. The van der Waals surface area contributed by atoms with E-state index in [-0.39, 0.29) is 18.8 Å². The van der Waals surface area contributed by atoms with E-state index in [1.165, 1.54) is 0 Å². The molecule has 0 unspecified atom stereocenters. The Hall–Kier alpha value is -1.81. The molecule has 0 saturated heterocycles. The Morgan fingerprint density at radius 3 is 2.79 bits per heavy atom. The number of carboxylic acids is 1. The van der Waals surface area contributed by atoms with Crippen molar-refractivity contribution in [2.45, 2.75) is 19.8 Å². The molecule has 0 atom stereocenters. The first-order valence-electron chi connectivity index (χ1n) is 5.85. The smallest absolute Gasteiger partial charge is 0.309 e. The van der Waals surface area contributed by atoms with Crippen molar-refractivity contribution in [3.63, 3.8) is 0 Å². The fourth-order valence-corrected chi connectivity index (χ4v) is 1.75. The summed E-state index contributed by atoms with van der Waals surface area (Å²) in [5.41, 5.74) is 1.34. The second kappa shape index (κ2) is 7.59. The average Bonchev–Trinajstić information content (AvgIpc) is 2.31. The Bertz CT molecular complexity index is 494. The van der Waals surface area contributed by atoms with Crippen LogP contribution in [-0.4, -0.2) is 23.7 Å². The Labute approximate surface area is 116 Å². The highest BCUT2D eigenvalue weighted by Crippen LogP contribution is 2.18. The molecule has 1 aromatic rings. The lowest BCUT2D eigenvalue weighted by Gasteiger charge is -2.04. The van der Waals surface area contributed by atoms with E-state index in [2.05, 4.69) is 0 Å². The van der Waals surface area contributed by atoms with Gasteiger partial charge in [0.1, 0.15) is 0 Å². The lowest BCUT2D eigenvalue weighted by Crippen LogP contribution is -2.02. The molecule has 0 fully saturated rings. The fourth-order valence-electron chi connectivity index (χ4n) is 1.55. The number of carbonyl (C=O) groups is 2. The molecule has 0 aliphatic heterocycles. The van der Waals surface area contributed by atoms with Gasteiger partial charge in [0.15, 0.2) is 0 Å². The molecule has 19 heavy (non-hydrogen) atoms. The van der Waals surface area contributed by atoms with Crippen LogP contribution in [0.15, 0.2) is 24.3 Å². The first-order valence-corrected chi connectivity index (χ1v) is 6.23. The fraction of sp³-hybridized carbons (Fsp3) is 0.286. The summed E-state index contributed by atoms with van der Waals surface area (Å²) in [7, 11) is 0. The van der Waals surface area contributed by atoms with Gasteiger partial charge in [-0.1, -0.05) is 29.8 Å². The summed E-state index contributed by atoms with van der Waals surface area (Å²) in [4.78, 5) is 21.9. The third-order valence-corrected chi connectivity index (χ3v) is 2.57. The molecule has 1 aromatic carbocycles. The Morgan fingerprint density at radius 1 is 1.42 bits per heavy atom. The molecule has 0 bridgehead atoms. The molecule has 5 heteroatoms. The maximum Gasteiger partial charge on any atom is 0.309 e. The largest absolute Gasteiger partial charge is 0.481 e. The topological polar surface area (TPSA) is 63.6 Å². The van der Waals surface area contributed by atoms with E-state index in [0.717, 1.165) is 5.56 Å². The molecule has 1 rings (SSSR count). The van der Waals surface area contributed by atoms with Gasteiger partial charge in [0.05, 0.1) is 19.4 Å². The van der Waals surface area contributed by atoms with Crippen molar-refractivity contribution in [1.29, 1.82) is 0 Å². The Kier molecular flexibility index (Phi) is 6.09. The van der Waals surface area contributed by atoms with Crippen LogP contribution in [-0.2, 0) is 20.7 Å². The normalized spacial score (nSPS) is 10.6. The number of esters is 1. The number of benzene rings is 1. The number of carboxylic acid groups (broad SMARTS) is 1. The van der Waals surface area contributed by atoms with Crippen LogP contribution in [0.1, 0.15) is 24.5 Å². The quantitative estimate of drug-likeness (QED) is 0.815. The van der Waals surface area contributed by atoms with Crippen LogP contribution in [0.4, 0.5) is 0 Å². The van der Waals surface area contributed by atoms with Gasteiger partial charge in [0, 0.05) is 5.02 Å². The van der Waals surface area contributed by atoms with E-state index in [4.69, 9.17) is 21.4 Å². The maximum atomic E-state index is 11.2. The predicted octanol–water partition coefficient (Wildman–Crippen LogP) is 2.93. The summed E-state index contributed by atoms with van der Waals surface area (Å²) in [5.74, 6) is -1.24. The summed E-state index contributed by atoms with van der Waals surface area (Å²) in [6.07, 6.45) is 3.39. The van der Waals surface area contributed by atoms with Crippen LogP contribution >= 0.6 is 11.6 Å². The number of halogens is 1. The van der Waals surface area contributed by atoms with Gasteiger partial charge in [0.2, 0.25) is 0 Å². The molecule has 0 aliphatic rings. The predicted molar refractivity (Wildman–Crippen MR) is 73.1 cm³/mol. The van der Waals surface area contributed by atoms with Crippen molar-refractivity contribution >= 4 is 29.6 Å². The molecule has 0 aliphatic carbocycles. The van der Waals surface area contributed by atoms with Crippen LogP contribution in [0.25, 0.3) is 6.08 Å². The van der Waals surface area contributed by atoms with Crippen LogP contribution in [0.5, 0.6) is 0 Å². The number of carbonyl (C=O) groups excluding carboxylic acids is 1. The Balaban J connectivity index is 2.79. The van der Waals surface area contributed by atoms with Crippen molar-refractivity contribution in [2.75, 3.05) is 6.61 Å². The molecule has 0 heterocycles. The lowest BCUT2D eigenvalue weighted by molar-refractivity contribution is -0.142. The zero-order valence-electron chi connectivity index (χ0n) is 10.6. The number of hydrogen-bond acceptors (Lipinski definition) is 3. The van der Waals surface area contributed by atoms with Gasteiger partial charge in [-0.15, -0.1) is 0 Å². The number of rotatable bonds is 6. The highest BCUT2D eigenvalue weighted by molar-refractivity contribution is 6.30. The van der Waals surface area contributed by atoms with Gasteiger partial charge >= 0.3 is 11.9 Å². The molecule has 0 amide bonds. The summed E-state index contributed by atoms with van der Waals surface area (Å²) < 4.78 is 4.79. The molecule has 102 valence electrons. The second-order valence-corrected chi connectivity index (χ2v) is 4.26. The van der Waals surface area contributed by atoms with E-state index >= 15 is 0 Å².